The third-order valence-electron chi connectivity index (χ3n) is 3.13. The molecule has 1 fully saturated rings. The van der Waals surface area contributed by atoms with Crippen LogP contribution in [-0.2, 0) is 10.0 Å². The maximum atomic E-state index is 12.3. The van der Waals surface area contributed by atoms with Gasteiger partial charge in [-0.15, -0.1) is 0 Å². The number of sulfonamides is 1. The molecule has 1 atom stereocenters. The maximum absolute atomic E-state index is 12.3. The van der Waals surface area contributed by atoms with Crippen molar-refractivity contribution in [1.82, 2.24) is 4.31 Å². The van der Waals surface area contributed by atoms with Crippen molar-refractivity contribution in [2.24, 2.45) is 0 Å². The van der Waals surface area contributed by atoms with Gasteiger partial charge in [-0.2, -0.15) is 4.31 Å². The summed E-state index contributed by atoms with van der Waals surface area (Å²) in [6.07, 6.45) is 1.35. The maximum Gasteiger partial charge on any atom is 0.389 e. The van der Waals surface area contributed by atoms with Gasteiger partial charge in [0.2, 0.25) is 15.4 Å². The number of benzene rings is 1. The Morgan fingerprint density at radius 1 is 1.47 bits per heavy atom. The molecular formula is C12H14N3O3S+. The van der Waals surface area contributed by atoms with Crippen molar-refractivity contribution < 1.29 is 13.5 Å². The van der Waals surface area contributed by atoms with E-state index in [2.05, 4.69) is 4.98 Å². The Kier molecular flexibility index (Phi) is 3.55. The van der Waals surface area contributed by atoms with Crippen LogP contribution in [0.25, 0.3) is 4.98 Å². The van der Waals surface area contributed by atoms with Gasteiger partial charge in [0.25, 0.3) is 0 Å². The van der Waals surface area contributed by atoms with Crippen molar-refractivity contribution in [3.63, 3.8) is 0 Å². The van der Waals surface area contributed by atoms with Crippen molar-refractivity contribution in [3.8, 4) is 0 Å². The Morgan fingerprint density at radius 3 is 2.58 bits per heavy atom. The van der Waals surface area contributed by atoms with Crippen LogP contribution >= 0.6 is 0 Å². The van der Waals surface area contributed by atoms with Crippen LogP contribution in [-0.4, -0.2) is 30.4 Å². The normalized spacial score (nSPS) is 20.6. The first-order chi connectivity index (χ1) is 8.96. The third-order valence-corrected chi connectivity index (χ3v) is 5.05. The zero-order chi connectivity index (χ0) is 14.0. The summed E-state index contributed by atoms with van der Waals surface area (Å²) in [4.78, 5) is 2.90. The van der Waals surface area contributed by atoms with Crippen LogP contribution in [0.5, 0.6) is 0 Å². The van der Waals surface area contributed by atoms with Crippen LogP contribution < -0.4 is 0 Å². The Balaban J connectivity index is 2.29. The zero-order valence-electron chi connectivity index (χ0n) is 10.4. The molecule has 2 rings (SSSR count). The average molecular weight is 280 g/mol. The summed E-state index contributed by atoms with van der Waals surface area (Å²) in [6.45, 7) is 2.21. The smallest absolute Gasteiger partial charge is 0.389 e. The van der Waals surface area contributed by atoms with Crippen LogP contribution in [0.4, 0.5) is 0 Å². The largest absolute Gasteiger partial charge is 0.504 e. The van der Waals surface area contributed by atoms with E-state index < -0.39 is 16.1 Å². The minimum absolute atomic E-state index is 0.191. The number of rotatable bonds is 3. The highest BCUT2D eigenvalue weighted by molar-refractivity contribution is 7.89. The Hall–Kier alpha value is -1.91. The quantitative estimate of drug-likeness (QED) is 0.678. The van der Waals surface area contributed by atoms with Gasteiger partial charge in [-0.3, -0.25) is 0 Å². The summed E-state index contributed by atoms with van der Waals surface area (Å²) in [5.74, 6) is -0.260. The molecule has 1 aliphatic heterocycles. The summed E-state index contributed by atoms with van der Waals surface area (Å²) >= 11 is 0. The third kappa shape index (κ3) is 2.45. The van der Waals surface area contributed by atoms with Gasteiger partial charge in [-0.25, -0.2) is 8.42 Å². The first kappa shape index (κ1) is 13.5. The molecule has 0 saturated carbocycles. The molecule has 0 amide bonds. The predicted molar refractivity (Wildman–Crippen MR) is 69.3 cm³/mol. The van der Waals surface area contributed by atoms with Gasteiger partial charge in [0.15, 0.2) is 10.7 Å². The average Bonchev–Trinajstić information content (AvgIpc) is 2.27. The molecule has 1 saturated heterocycles. The molecule has 1 aromatic rings. The first-order valence-electron chi connectivity index (χ1n) is 5.78. The SMILES string of the molecule is Cc1ccc(S(=O)(=O)N2CC[C@H]2/C(O)=C\[N+]#N)cc1. The monoisotopic (exact) mass is 280 g/mol. The molecular weight excluding hydrogens is 266 g/mol. The topological polar surface area (TPSA) is 85.8 Å². The molecule has 0 spiro atoms. The fourth-order valence-corrected chi connectivity index (χ4v) is 3.58. The number of hydrogen-bond donors (Lipinski definition) is 1. The molecule has 0 aliphatic carbocycles. The van der Waals surface area contributed by atoms with Crippen molar-refractivity contribution in [2.75, 3.05) is 6.54 Å². The molecule has 1 heterocycles. The molecule has 19 heavy (non-hydrogen) atoms. The Morgan fingerprint density at radius 2 is 2.11 bits per heavy atom. The summed E-state index contributed by atoms with van der Waals surface area (Å²) in [7, 11) is -3.62. The number of aliphatic hydroxyl groups is 1. The predicted octanol–water partition coefficient (Wildman–Crippen LogP) is 2.01. The molecule has 7 heteroatoms. The van der Waals surface area contributed by atoms with Crippen LogP contribution in [0.15, 0.2) is 41.1 Å². The van der Waals surface area contributed by atoms with E-state index in [4.69, 9.17) is 5.39 Å². The summed E-state index contributed by atoms with van der Waals surface area (Å²) in [5.41, 5.74) is 0.973. The highest BCUT2D eigenvalue weighted by Crippen LogP contribution is 2.30. The molecule has 1 aromatic carbocycles. The number of aliphatic hydroxyl groups excluding tert-OH is 1. The fraction of sp³-hybridized carbons (Fsp3) is 0.333. The molecule has 6 nitrogen and oxygen atoms in total. The summed E-state index contributed by atoms with van der Waals surface area (Å²) in [6, 6.07) is 5.87. The van der Waals surface area contributed by atoms with Gasteiger partial charge < -0.3 is 5.11 Å². The van der Waals surface area contributed by atoms with Crippen LogP contribution in [0.3, 0.4) is 0 Å². The molecule has 0 bridgehead atoms. The van der Waals surface area contributed by atoms with Gasteiger partial charge in [0.1, 0.15) is 0 Å². The van der Waals surface area contributed by atoms with E-state index in [9.17, 15) is 13.5 Å². The number of diazo groups is 1. The van der Waals surface area contributed by atoms with Gasteiger partial charge >= 0.3 is 6.20 Å². The van der Waals surface area contributed by atoms with E-state index in [1.54, 1.807) is 12.1 Å². The first-order valence-corrected chi connectivity index (χ1v) is 7.22. The van der Waals surface area contributed by atoms with Gasteiger partial charge in [-0.1, -0.05) is 17.7 Å². The summed E-state index contributed by atoms with van der Waals surface area (Å²) in [5, 5.41) is 18.0. The van der Waals surface area contributed by atoms with Crippen molar-refractivity contribution in [2.45, 2.75) is 24.3 Å². The van der Waals surface area contributed by atoms with Gasteiger partial charge in [0, 0.05) is 6.54 Å². The zero-order valence-corrected chi connectivity index (χ0v) is 11.2. The molecule has 0 unspecified atom stereocenters. The lowest BCUT2D eigenvalue weighted by molar-refractivity contribution is 0.174. The van der Waals surface area contributed by atoms with Gasteiger partial charge in [-0.05, 0) is 25.5 Å². The van der Waals surface area contributed by atoms with E-state index in [0.717, 1.165) is 11.8 Å². The van der Waals surface area contributed by atoms with Crippen LogP contribution in [0.1, 0.15) is 12.0 Å². The number of hydrogen-bond acceptors (Lipinski definition) is 4. The van der Waals surface area contributed by atoms with Crippen LogP contribution in [0.2, 0.25) is 0 Å². The number of nitrogens with zero attached hydrogens (tertiary/aromatic N) is 3. The highest BCUT2D eigenvalue weighted by atomic mass is 32.2. The lowest BCUT2D eigenvalue weighted by atomic mass is 10.1. The fourth-order valence-electron chi connectivity index (χ4n) is 1.94. The molecule has 0 aromatic heterocycles. The van der Waals surface area contributed by atoms with Crippen molar-refractivity contribution in [1.29, 1.82) is 5.39 Å². The van der Waals surface area contributed by atoms with E-state index in [0.29, 0.717) is 13.0 Å². The second-order valence-electron chi connectivity index (χ2n) is 4.40. The van der Waals surface area contributed by atoms with Crippen molar-refractivity contribution in [3.05, 3.63) is 46.8 Å². The lowest BCUT2D eigenvalue weighted by Gasteiger charge is -2.37. The standard InChI is InChI=1S/C12H13N3O3S/c1-9-2-4-10(5-3-9)19(17,18)15-7-6-11(15)12(16)8-14-13/h2-5,8,11H,6-7H2,1H3/p+1/b12-8+/t11-/m0/s1. The summed E-state index contributed by atoms with van der Waals surface area (Å²) < 4.78 is 25.9. The second-order valence-corrected chi connectivity index (χ2v) is 6.29. The minimum Gasteiger partial charge on any atom is -0.504 e. The molecule has 100 valence electrons. The van der Waals surface area contributed by atoms with Crippen molar-refractivity contribution >= 4 is 10.0 Å². The molecule has 0 radical (unpaired) electrons. The van der Waals surface area contributed by atoms with Crippen LogP contribution in [0, 0.1) is 12.3 Å². The highest BCUT2D eigenvalue weighted by Gasteiger charge is 2.42. The van der Waals surface area contributed by atoms with Gasteiger partial charge in [0.05, 0.1) is 10.9 Å². The van der Waals surface area contributed by atoms with E-state index in [1.807, 2.05) is 6.92 Å². The Bertz CT molecular complexity index is 644. The molecule has 1 N–H and O–H groups in total. The Labute approximate surface area is 111 Å². The van der Waals surface area contributed by atoms with E-state index in [-0.39, 0.29) is 10.7 Å². The second kappa shape index (κ2) is 4.99. The van der Waals surface area contributed by atoms with E-state index >= 15 is 0 Å². The minimum atomic E-state index is -3.62. The number of aryl methyl sites for hydroxylation is 1. The van der Waals surface area contributed by atoms with E-state index in [1.165, 1.54) is 16.4 Å². The molecule has 1 aliphatic rings. The lowest BCUT2D eigenvalue weighted by Crippen LogP contribution is -2.51.